The van der Waals surface area contributed by atoms with E-state index in [0.717, 1.165) is 31.5 Å². The monoisotopic (exact) mass is 567 g/mol. The van der Waals surface area contributed by atoms with E-state index in [1.54, 1.807) is 7.05 Å². The second-order valence-corrected chi connectivity index (χ2v) is 8.19. The van der Waals surface area contributed by atoms with Crippen molar-refractivity contribution < 1.29 is 18.0 Å². The first-order valence-electron chi connectivity index (χ1n) is 10.9. The third kappa shape index (κ3) is 6.97. The van der Waals surface area contributed by atoms with E-state index in [0.29, 0.717) is 44.2 Å². The van der Waals surface area contributed by atoms with Crippen LogP contribution in [-0.4, -0.2) is 85.1 Å². The summed E-state index contributed by atoms with van der Waals surface area (Å²) < 4.78 is 38.8. The minimum Gasteiger partial charge on any atom is -0.352 e. The molecule has 1 N–H and O–H groups in total. The lowest BCUT2D eigenvalue weighted by atomic mass is 10.1. The van der Waals surface area contributed by atoms with Gasteiger partial charge in [0.15, 0.2) is 5.96 Å². The van der Waals surface area contributed by atoms with Crippen molar-refractivity contribution in [1.29, 1.82) is 0 Å². The fourth-order valence-electron chi connectivity index (χ4n) is 4.09. The average molecular weight is 567 g/mol. The number of guanidine groups is 1. The van der Waals surface area contributed by atoms with Gasteiger partial charge in [-0.15, -0.1) is 24.0 Å². The fraction of sp³-hybridized carbons (Fsp3) is 0.636. The number of nitrogens with zero attached hydrogens (tertiary/aromatic N) is 4. The topological polar surface area (TPSA) is 51.2 Å². The van der Waals surface area contributed by atoms with Crippen molar-refractivity contribution in [2.75, 3.05) is 46.3 Å². The zero-order valence-electron chi connectivity index (χ0n) is 18.7. The quantitative estimate of drug-likeness (QED) is 0.344. The molecule has 0 radical (unpaired) electrons. The van der Waals surface area contributed by atoms with Crippen molar-refractivity contribution in [3.63, 3.8) is 0 Å². The maximum absolute atomic E-state index is 12.9. The highest BCUT2D eigenvalue weighted by molar-refractivity contribution is 14.0. The highest BCUT2D eigenvalue weighted by atomic mass is 127. The average Bonchev–Trinajstić information content (AvgIpc) is 2.79. The van der Waals surface area contributed by atoms with Crippen LogP contribution in [0.3, 0.4) is 0 Å². The number of carbonyl (C=O) groups excluding carboxylic acids is 1. The van der Waals surface area contributed by atoms with Gasteiger partial charge in [-0.1, -0.05) is 12.1 Å². The molecular formula is C22H33F3IN5O. The van der Waals surface area contributed by atoms with Crippen LogP contribution in [0.4, 0.5) is 13.2 Å². The Bertz CT molecular complexity index is 758. The van der Waals surface area contributed by atoms with Crippen LogP contribution in [0, 0.1) is 0 Å². The number of hydrogen-bond acceptors (Lipinski definition) is 3. The van der Waals surface area contributed by atoms with Gasteiger partial charge in [0.2, 0.25) is 0 Å². The molecule has 1 unspecified atom stereocenters. The van der Waals surface area contributed by atoms with E-state index in [2.05, 4.69) is 10.3 Å². The molecule has 2 saturated heterocycles. The van der Waals surface area contributed by atoms with Gasteiger partial charge in [-0.25, -0.2) is 0 Å². The van der Waals surface area contributed by atoms with E-state index < -0.39 is 12.2 Å². The Morgan fingerprint density at radius 1 is 1.00 bits per heavy atom. The first-order chi connectivity index (χ1) is 14.8. The molecule has 0 aromatic heterocycles. The normalized spacial score (nSPS) is 19.3. The molecule has 1 atom stereocenters. The minimum absolute atomic E-state index is 0. The molecule has 1 amide bonds. The summed E-state index contributed by atoms with van der Waals surface area (Å²) in [6.45, 7) is 5.06. The summed E-state index contributed by atoms with van der Waals surface area (Å²) in [6.07, 6.45) is -0.887. The number of piperidine rings is 1. The molecule has 3 rings (SSSR count). The number of benzene rings is 1. The molecule has 180 valence electrons. The van der Waals surface area contributed by atoms with Crippen molar-refractivity contribution in [2.24, 2.45) is 4.99 Å². The lowest BCUT2D eigenvalue weighted by molar-refractivity contribution is -0.181. The van der Waals surface area contributed by atoms with Crippen LogP contribution >= 0.6 is 24.0 Å². The molecule has 0 bridgehead atoms. The Balaban J connectivity index is 0.00000363. The minimum atomic E-state index is -4.20. The number of rotatable bonds is 4. The number of piperazine rings is 1. The van der Waals surface area contributed by atoms with Crippen LogP contribution in [0.1, 0.15) is 42.1 Å². The summed E-state index contributed by atoms with van der Waals surface area (Å²) in [6, 6.07) is 6.14. The summed E-state index contributed by atoms with van der Waals surface area (Å²) >= 11 is 0. The standard InChI is InChI=1S/C22H32F3N5O.HI/c1-17(22(23,24)25)28-12-14-30(15-13-28)21(26-2)27-16-18-6-8-19(9-7-18)20(31)29-10-4-3-5-11-29;/h6-9,17H,3-5,10-16H2,1-2H3,(H,26,27);1H. The van der Waals surface area contributed by atoms with Crippen molar-refractivity contribution in [3.05, 3.63) is 35.4 Å². The predicted molar refractivity (Wildman–Crippen MR) is 130 cm³/mol. The Hall–Kier alpha value is -1.56. The molecule has 1 aromatic rings. The number of alkyl halides is 3. The summed E-state index contributed by atoms with van der Waals surface area (Å²) in [5.74, 6) is 0.758. The van der Waals surface area contributed by atoms with Gasteiger partial charge < -0.3 is 15.1 Å². The Morgan fingerprint density at radius 2 is 1.59 bits per heavy atom. The van der Waals surface area contributed by atoms with Gasteiger partial charge in [-0.3, -0.25) is 14.7 Å². The van der Waals surface area contributed by atoms with Gasteiger partial charge >= 0.3 is 6.18 Å². The molecule has 1 aromatic carbocycles. The van der Waals surface area contributed by atoms with Gasteiger partial charge in [0.1, 0.15) is 6.04 Å². The highest BCUT2D eigenvalue weighted by Crippen LogP contribution is 2.25. The van der Waals surface area contributed by atoms with E-state index in [9.17, 15) is 18.0 Å². The van der Waals surface area contributed by atoms with Crippen molar-refractivity contribution in [2.45, 2.75) is 44.9 Å². The Labute approximate surface area is 205 Å². The van der Waals surface area contributed by atoms with Gasteiger partial charge in [-0.2, -0.15) is 13.2 Å². The molecule has 0 aliphatic carbocycles. The SMILES string of the molecule is CN=C(NCc1ccc(C(=O)N2CCCCC2)cc1)N1CCN(C(C)C(F)(F)F)CC1.I. The summed E-state index contributed by atoms with van der Waals surface area (Å²) in [4.78, 5) is 22.2. The molecular weight excluding hydrogens is 534 g/mol. The first-order valence-corrected chi connectivity index (χ1v) is 10.9. The molecule has 0 spiro atoms. The number of carbonyl (C=O) groups is 1. The Morgan fingerprint density at radius 3 is 2.12 bits per heavy atom. The van der Waals surface area contributed by atoms with Crippen molar-refractivity contribution in [1.82, 2.24) is 20.0 Å². The largest absolute Gasteiger partial charge is 0.403 e. The number of amides is 1. The van der Waals surface area contributed by atoms with Crippen LogP contribution in [0.2, 0.25) is 0 Å². The smallest absolute Gasteiger partial charge is 0.352 e. The van der Waals surface area contributed by atoms with E-state index in [1.165, 1.54) is 18.2 Å². The molecule has 2 aliphatic heterocycles. The summed E-state index contributed by atoms with van der Waals surface area (Å²) in [7, 11) is 1.67. The second-order valence-electron chi connectivity index (χ2n) is 8.19. The molecule has 2 fully saturated rings. The lowest BCUT2D eigenvalue weighted by Crippen LogP contribution is -2.56. The van der Waals surface area contributed by atoms with E-state index in [-0.39, 0.29) is 29.9 Å². The molecule has 10 heteroatoms. The maximum atomic E-state index is 12.9. The van der Waals surface area contributed by atoms with E-state index >= 15 is 0 Å². The fourth-order valence-corrected chi connectivity index (χ4v) is 4.09. The number of nitrogens with one attached hydrogen (secondary N) is 1. The van der Waals surface area contributed by atoms with Crippen LogP contribution in [-0.2, 0) is 6.54 Å². The van der Waals surface area contributed by atoms with Crippen LogP contribution in [0.15, 0.2) is 29.3 Å². The number of likely N-dealkylation sites (tertiary alicyclic amines) is 1. The molecule has 2 heterocycles. The van der Waals surface area contributed by atoms with Gasteiger partial charge in [-0.05, 0) is 43.9 Å². The molecule has 6 nitrogen and oxygen atoms in total. The van der Waals surface area contributed by atoms with Crippen LogP contribution in [0.25, 0.3) is 0 Å². The molecule has 2 aliphatic rings. The molecule has 32 heavy (non-hydrogen) atoms. The third-order valence-corrected chi connectivity index (χ3v) is 6.14. The summed E-state index contributed by atoms with van der Waals surface area (Å²) in [5.41, 5.74) is 1.71. The molecule has 0 saturated carbocycles. The van der Waals surface area contributed by atoms with Crippen LogP contribution < -0.4 is 5.32 Å². The highest BCUT2D eigenvalue weighted by Gasteiger charge is 2.41. The Kier molecular flexibility index (Phi) is 10.1. The second kappa shape index (κ2) is 12.1. The number of halogens is 4. The van der Waals surface area contributed by atoms with Gasteiger partial charge in [0.05, 0.1) is 0 Å². The third-order valence-electron chi connectivity index (χ3n) is 6.14. The predicted octanol–water partition coefficient (Wildman–Crippen LogP) is 3.57. The van der Waals surface area contributed by atoms with Gasteiger partial charge in [0, 0.05) is 58.4 Å². The summed E-state index contributed by atoms with van der Waals surface area (Å²) in [5, 5.41) is 3.28. The van der Waals surface area contributed by atoms with Crippen molar-refractivity contribution >= 4 is 35.8 Å². The van der Waals surface area contributed by atoms with E-state index in [1.807, 2.05) is 34.1 Å². The number of aliphatic imine (C=N–C) groups is 1. The first kappa shape index (κ1) is 26.7. The maximum Gasteiger partial charge on any atom is 0.403 e. The van der Waals surface area contributed by atoms with Crippen LogP contribution in [0.5, 0.6) is 0 Å². The zero-order chi connectivity index (χ0) is 22.4. The number of hydrogen-bond donors (Lipinski definition) is 1. The zero-order valence-corrected chi connectivity index (χ0v) is 21.0. The van der Waals surface area contributed by atoms with E-state index in [4.69, 9.17) is 0 Å². The lowest BCUT2D eigenvalue weighted by Gasteiger charge is -2.39. The van der Waals surface area contributed by atoms with Gasteiger partial charge in [0.25, 0.3) is 5.91 Å². The van der Waals surface area contributed by atoms with Crippen molar-refractivity contribution in [3.8, 4) is 0 Å².